The average molecular weight is 283 g/mol. The van der Waals surface area contributed by atoms with Crippen molar-refractivity contribution in [3.8, 4) is 0 Å². The third kappa shape index (κ3) is 2.73. The molecule has 0 saturated carbocycles. The molecule has 9 heteroatoms. The molecular weight excluding hydrogens is 270 g/mol. The zero-order valence-electron chi connectivity index (χ0n) is 10.1. The van der Waals surface area contributed by atoms with Crippen LogP contribution in [0.2, 0.25) is 0 Å². The van der Waals surface area contributed by atoms with Gasteiger partial charge in [0.2, 0.25) is 0 Å². The number of nitrogens with two attached hydrogens (primary N) is 1. The Bertz CT molecular complexity index is 597. The fourth-order valence-electron chi connectivity index (χ4n) is 1.45. The van der Waals surface area contributed by atoms with Crippen molar-refractivity contribution in [2.75, 3.05) is 18.6 Å². The Kier molecular flexibility index (Phi) is 4.10. The van der Waals surface area contributed by atoms with Gasteiger partial charge in [-0.05, 0) is 6.26 Å². The van der Waals surface area contributed by atoms with Gasteiger partial charge in [0.1, 0.15) is 12.2 Å². The van der Waals surface area contributed by atoms with Crippen molar-refractivity contribution in [1.29, 1.82) is 0 Å². The van der Waals surface area contributed by atoms with E-state index >= 15 is 0 Å². The number of nitrogen functional groups attached to an aromatic ring is 1. The summed E-state index contributed by atoms with van der Waals surface area (Å²) < 4.78 is 0. The summed E-state index contributed by atoms with van der Waals surface area (Å²) in [5, 5.41) is 28.4. The Hall–Kier alpha value is -1.55. The number of fused-ring (bicyclic) bond motifs is 1. The van der Waals surface area contributed by atoms with Gasteiger partial charge in [-0.15, -0.1) is 0 Å². The van der Waals surface area contributed by atoms with Crippen molar-refractivity contribution >= 4 is 28.7 Å². The summed E-state index contributed by atoms with van der Waals surface area (Å²) in [5.74, 6) is 0.148. The highest BCUT2D eigenvalue weighted by molar-refractivity contribution is 7.98. The Morgan fingerprint density at radius 2 is 2.05 bits per heavy atom. The third-order valence-electron chi connectivity index (χ3n) is 2.47. The van der Waals surface area contributed by atoms with Crippen molar-refractivity contribution < 1.29 is 15.3 Å². The highest BCUT2D eigenvalue weighted by Crippen LogP contribution is 2.21. The van der Waals surface area contributed by atoms with Crippen LogP contribution in [0.1, 0.15) is 11.8 Å². The van der Waals surface area contributed by atoms with E-state index in [0.717, 1.165) is 0 Å². The molecule has 2 heterocycles. The quantitative estimate of drug-likeness (QED) is 0.415. The average Bonchev–Trinajstić information content (AvgIpc) is 2.45. The maximum absolute atomic E-state index is 9.74. The third-order valence-corrected chi connectivity index (χ3v) is 3.02. The smallest absolute Gasteiger partial charge is 0.191 e. The van der Waals surface area contributed by atoms with Crippen LogP contribution >= 0.6 is 11.8 Å². The molecule has 2 aromatic rings. The molecule has 0 spiro atoms. The standard InChI is InChI=1S/C10H13N5O3S/c1-19-10-14-8(11)6-9(15-10)12-2-4(13-6)7(18)5(17)3-16/h2,5,7,16-18H,3H2,1H3,(H2,11,12,14,15)/t5-,7+/m0/s1. The van der Waals surface area contributed by atoms with E-state index in [1.54, 1.807) is 0 Å². The molecule has 0 fully saturated rings. The molecule has 0 radical (unpaired) electrons. The van der Waals surface area contributed by atoms with Gasteiger partial charge in [0.05, 0.1) is 18.5 Å². The monoisotopic (exact) mass is 283 g/mol. The van der Waals surface area contributed by atoms with E-state index in [1.807, 2.05) is 6.26 Å². The fraction of sp³-hybridized carbons (Fsp3) is 0.400. The predicted octanol–water partition coefficient (Wildman–Crippen LogP) is -0.890. The van der Waals surface area contributed by atoms with E-state index in [1.165, 1.54) is 18.0 Å². The van der Waals surface area contributed by atoms with E-state index in [9.17, 15) is 10.2 Å². The maximum Gasteiger partial charge on any atom is 0.191 e. The molecule has 5 N–H and O–H groups in total. The van der Waals surface area contributed by atoms with Gasteiger partial charge in [-0.3, -0.25) is 0 Å². The molecule has 0 amide bonds. The van der Waals surface area contributed by atoms with Crippen LogP contribution in [0, 0.1) is 0 Å². The SMILES string of the molecule is CSc1nc(N)c2nc([C@@H](O)[C@@H](O)CO)cnc2n1. The fourth-order valence-corrected chi connectivity index (χ4v) is 1.82. The largest absolute Gasteiger partial charge is 0.394 e. The number of hydrogen-bond donors (Lipinski definition) is 4. The summed E-state index contributed by atoms with van der Waals surface area (Å²) in [6.07, 6.45) is 0.410. The lowest BCUT2D eigenvalue weighted by Gasteiger charge is -2.14. The molecule has 0 saturated heterocycles. The summed E-state index contributed by atoms with van der Waals surface area (Å²) in [4.78, 5) is 16.2. The first-order valence-corrected chi connectivity index (χ1v) is 6.60. The number of nitrogens with zero attached hydrogens (tertiary/aromatic N) is 4. The summed E-state index contributed by atoms with van der Waals surface area (Å²) in [7, 11) is 0. The van der Waals surface area contributed by atoms with Crippen LogP contribution in [-0.2, 0) is 0 Å². The van der Waals surface area contributed by atoms with Crippen LogP contribution in [-0.4, -0.2) is 54.2 Å². The number of rotatable bonds is 4. The lowest BCUT2D eigenvalue weighted by molar-refractivity contribution is -0.0173. The molecule has 0 aliphatic carbocycles. The summed E-state index contributed by atoms with van der Waals surface area (Å²) in [6.45, 7) is -0.585. The number of aliphatic hydroxyl groups excluding tert-OH is 3. The van der Waals surface area contributed by atoms with Crippen molar-refractivity contribution in [2.45, 2.75) is 17.4 Å². The van der Waals surface area contributed by atoms with E-state index < -0.39 is 18.8 Å². The number of thioether (sulfide) groups is 1. The number of aromatic nitrogens is 4. The van der Waals surface area contributed by atoms with Crippen LogP contribution in [0.25, 0.3) is 11.2 Å². The number of aliphatic hydroxyl groups is 3. The molecule has 8 nitrogen and oxygen atoms in total. The van der Waals surface area contributed by atoms with Crippen molar-refractivity contribution in [3.63, 3.8) is 0 Å². The number of hydrogen-bond acceptors (Lipinski definition) is 9. The van der Waals surface area contributed by atoms with Crippen LogP contribution < -0.4 is 5.73 Å². The van der Waals surface area contributed by atoms with Gasteiger partial charge in [0.25, 0.3) is 0 Å². The molecule has 2 rings (SSSR count). The minimum Gasteiger partial charge on any atom is -0.394 e. The van der Waals surface area contributed by atoms with Gasteiger partial charge < -0.3 is 21.1 Å². The van der Waals surface area contributed by atoms with Crippen molar-refractivity contribution in [3.05, 3.63) is 11.9 Å². The summed E-state index contributed by atoms with van der Waals surface area (Å²) in [6, 6.07) is 0. The molecule has 0 aliphatic heterocycles. The van der Waals surface area contributed by atoms with Crippen LogP contribution in [0.4, 0.5) is 5.82 Å². The van der Waals surface area contributed by atoms with E-state index in [0.29, 0.717) is 10.8 Å². The molecule has 102 valence electrons. The molecule has 19 heavy (non-hydrogen) atoms. The van der Waals surface area contributed by atoms with Gasteiger partial charge in [0.15, 0.2) is 22.1 Å². The molecular formula is C10H13N5O3S. The Balaban J connectivity index is 2.49. The lowest BCUT2D eigenvalue weighted by atomic mass is 10.1. The van der Waals surface area contributed by atoms with Crippen molar-refractivity contribution in [1.82, 2.24) is 19.9 Å². The van der Waals surface area contributed by atoms with Crippen LogP contribution in [0.5, 0.6) is 0 Å². The first-order valence-electron chi connectivity index (χ1n) is 5.38. The number of anilines is 1. The van der Waals surface area contributed by atoms with Gasteiger partial charge >= 0.3 is 0 Å². The maximum atomic E-state index is 9.74. The molecule has 2 atom stereocenters. The molecule has 0 aliphatic rings. The van der Waals surface area contributed by atoms with Crippen LogP contribution in [0.15, 0.2) is 11.4 Å². The van der Waals surface area contributed by atoms with Gasteiger partial charge in [-0.25, -0.2) is 19.9 Å². The van der Waals surface area contributed by atoms with Gasteiger partial charge in [-0.1, -0.05) is 11.8 Å². The Labute approximate surface area is 112 Å². The highest BCUT2D eigenvalue weighted by Gasteiger charge is 2.20. The second kappa shape index (κ2) is 5.61. The minimum atomic E-state index is -1.35. The second-order valence-corrected chi connectivity index (χ2v) is 4.53. The molecule has 0 bridgehead atoms. The molecule has 0 unspecified atom stereocenters. The predicted molar refractivity (Wildman–Crippen MR) is 69.4 cm³/mol. The zero-order valence-corrected chi connectivity index (χ0v) is 10.9. The van der Waals surface area contributed by atoms with Gasteiger partial charge in [0, 0.05) is 0 Å². The normalized spacial score (nSPS) is 14.5. The second-order valence-electron chi connectivity index (χ2n) is 3.76. The van der Waals surface area contributed by atoms with E-state index in [4.69, 9.17) is 10.8 Å². The Morgan fingerprint density at radius 1 is 1.32 bits per heavy atom. The van der Waals surface area contributed by atoms with Crippen molar-refractivity contribution in [2.24, 2.45) is 0 Å². The summed E-state index contributed by atoms with van der Waals surface area (Å²) in [5.41, 5.74) is 6.41. The minimum absolute atomic E-state index is 0.0984. The van der Waals surface area contributed by atoms with Crippen LogP contribution in [0.3, 0.4) is 0 Å². The zero-order chi connectivity index (χ0) is 14.0. The summed E-state index contributed by atoms with van der Waals surface area (Å²) >= 11 is 1.32. The van der Waals surface area contributed by atoms with Gasteiger partial charge in [-0.2, -0.15) is 0 Å². The first kappa shape index (κ1) is 13.9. The van der Waals surface area contributed by atoms with E-state index in [-0.39, 0.29) is 17.0 Å². The van der Waals surface area contributed by atoms with E-state index in [2.05, 4.69) is 19.9 Å². The molecule has 2 aromatic heterocycles. The Morgan fingerprint density at radius 3 is 2.68 bits per heavy atom. The topological polar surface area (TPSA) is 138 Å². The highest BCUT2D eigenvalue weighted by atomic mass is 32.2. The molecule has 0 aromatic carbocycles. The lowest BCUT2D eigenvalue weighted by Crippen LogP contribution is -2.23. The first-order chi connectivity index (χ1) is 9.06.